The highest BCUT2D eigenvalue weighted by atomic mass is 16.7. The molecule has 4 nitrogen and oxygen atoms in total. The number of hydrogen-bond acceptors (Lipinski definition) is 4. The Morgan fingerprint density at radius 2 is 1.80 bits per heavy atom. The molecule has 0 atom stereocenters. The molecule has 0 saturated carbocycles. The SMILES string of the molecule is COCCNc1cccc(B2OC(C)(C)C(C)(C)O2)c1. The summed E-state index contributed by atoms with van der Waals surface area (Å²) in [7, 11) is 1.38. The minimum absolute atomic E-state index is 0.308. The fourth-order valence-corrected chi connectivity index (χ4v) is 2.07. The largest absolute Gasteiger partial charge is 0.494 e. The fraction of sp³-hybridized carbons (Fsp3) is 0.600. The molecule has 0 radical (unpaired) electrons. The van der Waals surface area contributed by atoms with Gasteiger partial charge in [0, 0.05) is 19.3 Å². The Morgan fingerprint density at radius 3 is 2.40 bits per heavy atom. The van der Waals surface area contributed by atoms with E-state index in [4.69, 9.17) is 14.0 Å². The molecule has 1 aliphatic rings. The molecule has 110 valence electrons. The summed E-state index contributed by atoms with van der Waals surface area (Å²) in [6, 6.07) is 8.14. The third kappa shape index (κ3) is 3.16. The predicted molar refractivity (Wildman–Crippen MR) is 82.5 cm³/mol. The third-order valence-electron chi connectivity index (χ3n) is 4.05. The summed E-state index contributed by atoms with van der Waals surface area (Å²) in [5.74, 6) is 0. The molecule has 0 aliphatic carbocycles. The average molecular weight is 277 g/mol. The van der Waals surface area contributed by atoms with Crippen molar-refractivity contribution in [3.8, 4) is 0 Å². The lowest BCUT2D eigenvalue weighted by Crippen LogP contribution is -2.41. The molecule has 0 bridgehead atoms. The van der Waals surface area contributed by atoms with E-state index in [1.165, 1.54) is 0 Å². The number of anilines is 1. The molecule has 1 saturated heterocycles. The van der Waals surface area contributed by atoms with Crippen LogP contribution in [0.1, 0.15) is 27.7 Å². The molecule has 2 rings (SSSR count). The summed E-state index contributed by atoms with van der Waals surface area (Å²) in [4.78, 5) is 0. The van der Waals surface area contributed by atoms with E-state index in [1.54, 1.807) is 7.11 Å². The van der Waals surface area contributed by atoms with Gasteiger partial charge in [-0.2, -0.15) is 0 Å². The predicted octanol–water partition coefficient (Wildman–Crippen LogP) is 2.04. The Bertz CT molecular complexity index is 446. The van der Waals surface area contributed by atoms with E-state index in [1.807, 2.05) is 18.2 Å². The van der Waals surface area contributed by atoms with Crippen LogP contribution in [-0.4, -0.2) is 38.6 Å². The molecule has 0 amide bonds. The molecule has 0 unspecified atom stereocenters. The van der Waals surface area contributed by atoms with Gasteiger partial charge in [-0.05, 0) is 45.3 Å². The molecule has 0 spiro atoms. The van der Waals surface area contributed by atoms with Crippen LogP contribution in [0.3, 0.4) is 0 Å². The molecule has 1 aromatic rings. The number of ether oxygens (including phenoxy) is 1. The molecule has 1 aromatic carbocycles. The van der Waals surface area contributed by atoms with Crippen LogP contribution in [0, 0.1) is 0 Å². The summed E-state index contributed by atoms with van der Waals surface area (Å²) in [6.07, 6.45) is 0. The van der Waals surface area contributed by atoms with Gasteiger partial charge in [-0.15, -0.1) is 0 Å². The highest BCUT2D eigenvalue weighted by molar-refractivity contribution is 6.62. The molecule has 1 heterocycles. The fourth-order valence-electron chi connectivity index (χ4n) is 2.07. The van der Waals surface area contributed by atoms with Gasteiger partial charge >= 0.3 is 7.12 Å². The normalized spacial score (nSPS) is 20.1. The Morgan fingerprint density at radius 1 is 1.15 bits per heavy atom. The Kier molecular flexibility index (Phi) is 4.42. The van der Waals surface area contributed by atoms with Crippen molar-refractivity contribution in [3.05, 3.63) is 24.3 Å². The first kappa shape index (κ1) is 15.4. The second-order valence-corrected chi connectivity index (χ2v) is 6.13. The third-order valence-corrected chi connectivity index (χ3v) is 4.05. The Labute approximate surface area is 121 Å². The lowest BCUT2D eigenvalue weighted by Gasteiger charge is -2.32. The summed E-state index contributed by atoms with van der Waals surface area (Å²) < 4.78 is 17.1. The standard InChI is InChI=1S/C15H24BNO3/c1-14(2)15(3,4)20-16(19-14)12-7-6-8-13(11-12)17-9-10-18-5/h6-8,11,17H,9-10H2,1-5H3. The van der Waals surface area contributed by atoms with Gasteiger partial charge in [-0.1, -0.05) is 12.1 Å². The number of nitrogens with one attached hydrogen (secondary N) is 1. The van der Waals surface area contributed by atoms with E-state index in [-0.39, 0.29) is 18.3 Å². The summed E-state index contributed by atoms with van der Waals surface area (Å²) in [5.41, 5.74) is 1.47. The van der Waals surface area contributed by atoms with E-state index >= 15 is 0 Å². The van der Waals surface area contributed by atoms with E-state index in [0.29, 0.717) is 6.61 Å². The van der Waals surface area contributed by atoms with Gasteiger partial charge in [0.15, 0.2) is 0 Å². The van der Waals surface area contributed by atoms with Crippen LogP contribution in [0.15, 0.2) is 24.3 Å². The first-order chi connectivity index (χ1) is 9.36. The zero-order valence-electron chi connectivity index (χ0n) is 13.0. The van der Waals surface area contributed by atoms with E-state index in [9.17, 15) is 0 Å². The van der Waals surface area contributed by atoms with Crippen LogP contribution in [0.4, 0.5) is 5.69 Å². The number of rotatable bonds is 5. The number of benzene rings is 1. The lowest BCUT2D eigenvalue weighted by atomic mass is 9.79. The zero-order chi connectivity index (χ0) is 14.8. The molecule has 0 aromatic heterocycles. The monoisotopic (exact) mass is 277 g/mol. The molecule has 1 aliphatic heterocycles. The summed E-state index contributed by atoms with van der Waals surface area (Å²) >= 11 is 0. The second-order valence-electron chi connectivity index (χ2n) is 6.13. The van der Waals surface area contributed by atoms with Crippen molar-refractivity contribution in [2.75, 3.05) is 25.6 Å². The Hall–Kier alpha value is -1.04. The van der Waals surface area contributed by atoms with Crippen molar-refractivity contribution < 1.29 is 14.0 Å². The molecule has 5 heteroatoms. The van der Waals surface area contributed by atoms with Crippen molar-refractivity contribution >= 4 is 18.3 Å². The summed E-state index contributed by atoms with van der Waals surface area (Å²) in [5, 5.41) is 3.31. The summed E-state index contributed by atoms with van der Waals surface area (Å²) in [6.45, 7) is 9.72. The van der Waals surface area contributed by atoms with Crippen molar-refractivity contribution in [2.45, 2.75) is 38.9 Å². The first-order valence-corrected chi connectivity index (χ1v) is 7.04. The van der Waals surface area contributed by atoms with Gasteiger partial charge in [0.1, 0.15) is 0 Å². The highest BCUT2D eigenvalue weighted by Gasteiger charge is 2.51. The van der Waals surface area contributed by atoms with Gasteiger partial charge in [-0.3, -0.25) is 0 Å². The highest BCUT2D eigenvalue weighted by Crippen LogP contribution is 2.36. The van der Waals surface area contributed by atoms with Gasteiger partial charge in [0.2, 0.25) is 0 Å². The lowest BCUT2D eigenvalue weighted by molar-refractivity contribution is 0.00578. The van der Waals surface area contributed by atoms with E-state index in [0.717, 1.165) is 17.7 Å². The molecule has 20 heavy (non-hydrogen) atoms. The molecule has 1 fully saturated rings. The first-order valence-electron chi connectivity index (χ1n) is 7.04. The maximum Gasteiger partial charge on any atom is 0.494 e. The van der Waals surface area contributed by atoms with Crippen molar-refractivity contribution in [2.24, 2.45) is 0 Å². The number of methoxy groups -OCH3 is 1. The maximum atomic E-state index is 6.06. The minimum atomic E-state index is -0.316. The average Bonchev–Trinajstić information content (AvgIpc) is 2.59. The van der Waals surface area contributed by atoms with E-state index < -0.39 is 0 Å². The van der Waals surface area contributed by atoms with Crippen molar-refractivity contribution in [1.82, 2.24) is 0 Å². The smallest absolute Gasteiger partial charge is 0.399 e. The van der Waals surface area contributed by atoms with Gasteiger partial charge in [-0.25, -0.2) is 0 Å². The molecular weight excluding hydrogens is 253 g/mol. The van der Waals surface area contributed by atoms with Crippen LogP contribution in [0.25, 0.3) is 0 Å². The minimum Gasteiger partial charge on any atom is -0.399 e. The van der Waals surface area contributed by atoms with E-state index in [2.05, 4.69) is 39.1 Å². The van der Waals surface area contributed by atoms with Crippen LogP contribution in [0.5, 0.6) is 0 Å². The molecule has 1 N–H and O–H groups in total. The van der Waals surface area contributed by atoms with Crippen LogP contribution in [-0.2, 0) is 14.0 Å². The second kappa shape index (κ2) is 5.76. The molecular formula is C15H24BNO3. The quantitative estimate of drug-likeness (QED) is 0.660. The maximum absolute atomic E-state index is 6.06. The zero-order valence-corrected chi connectivity index (χ0v) is 13.0. The number of hydrogen-bond donors (Lipinski definition) is 1. The van der Waals surface area contributed by atoms with Crippen LogP contribution >= 0.6 is 0 Å². The Balaban J connectivity index is 2.09. The van der Waals surface area contributed by atoms with Crippen molar-refractivity contribution in [1.29, 1.82) is 0 Å². The topological polar surface area (TPSA) is 39.7 Å². The van der Waals surface area contributed by atoms with Gasteiger partial charge < -0.3 is 19.4 Å². The van der Waals surface area contributed by atoms with Gasteiger partial charge in [0.25, 0.3) is 0 Å². The van der Waals surface area contributed by atoms with Crippen LogP contribution < -0.4 is 10.8 Å². The van der Waals surface area contributed by atoms with Crippen LogP contribution in [0.2, 0.25) is 0 Å². The van der Waals surface area contributed by atoms with Crippen molar-refractivity contribution in [3.63, 3.8) is 0 Å². The van der Waals surface area contributed by atoms with Gasteiger partial charge in [0.05, 0.1) is 17.8 Å².